The van der Waals surface area contributed by atoms with E-state index in [9.17, 15) is 4.79 Å². The Hall–Kier alpha value is -1.58. The molecule has 0 radical (unpaired) electrons. The first-order chi connectivity index (χ1) is 17.0. The van der Waals surface area contributed by atoms with Gasteiger partial charge in [-0.15, -0.1) is 0 Å². The van der Waals surface area contributed by atoms with Gasteiger partial charge in [0.2, 0.25) is 0 Å². The van der Waals surface area contributed by atoms with Crippen LogP contribution in [0.3, 0.4) is 0 Å². The number of anilines is 1. The monoisotopic (exact) mass is 628 g/mol. The van der Waals surface area contributed by atoms with Crippen LogP contribution in [-0.2, 0) is 30.4 Å². The molecule has 0 amide bonds. The molecule has 0 spiro atoms. The molecular weight excluding hydrogens is 589 g/mol. The van der Waals surface area contributed by atoms with Crippen LogP contribution in [0.1, 0.15) is 17.5 Å². The Morgan fingerprint density at radius 1 is 0.865 bits per heavy atom. The molecule has 0 heterocycles. The van der Waals surface area contributed by atoms with E-state index in [4.69, 9.17) is 4.74 Å². The van der Waals surface area contributed by atoms with Crippen molar-refractivity contribution in [1.29, 1.82) is 0 Å². The minimum atomic E-state index is -0.0476. The van der Waals surface area contributed by atoms with E-state index in [1.165, 1.54) is 0 Å². The Morgan fingerprint density at radius 3 is 2.00 bits per heavy atom. The first-order valence-electron chi connectivity index (χ1n) is 12.1. The molecule has 2 aromatic rings. The average Bonchev–Trinajstić information content (AvgIpc) is 2.87. The second-order valence-corrected chi connectivity index (χ2v) is 9.26. The van der Waals surface area contributed by atoms with Gasteiger partial charge in [-0.1, -0.05) is 36.4 Å². The molecule has 0 bridgehead atoms. The van der Waals surface area contributed by atoms with Crippen molar-refractivity contribution in [3.63, 3.8) is 0 Å². The summed E-state index contributed by atoms with van der Waals surface area (Å²) in [4.78, 5) is 16.6. The largest absolute Gasteiger partial charge is 7.00 e. The zero-order valence-corrected chi connectivity index (χ0v) is 25.3. The van der Waals surface area contributed by atoms with Gasteiger partial charge in [0.15, 0.2) is 5.78 Å². The number of benzene rings is 2. The van der Waals surface area contributed by atoms with Gasteiger partial charge in [-0.05, 0) is 54.0 Å². The van der Waals surface area contributed by atoms with Crippen molar-refractivity contribution in [2.45, 2.75) is 6.42 Å². The van der Waals surface area contributed by atoms with Gasteiger partial charge in [-0.2, -0.15) is 25.3 Å². The average molecular weight is 629 g/mol. The molecule has 37 heavy (non-hydrogen) atoms. The normalized spacial score (nSPS) is 10.9. The van der Waals surface area contributed by atoms with Gasteiger partial charge in [-0.3, -0.25) is 4.79 Å². The molecule has 1 N–H and O–H groups in total. The zero-order valence-electron chi connectivity index (χ0n) is 21.7. The van der Waals surface area contributed by atoms with Crippen LogP contribution in [0, 0.1) is 0 Å². The van der Waals surface area contributed by atoms with E-state index in [1.54, 1.807) is 12.2 Å². The molecule has 0 aliphatic heterocycles. The van der Waals surface area contributed by atoms with Gasteiger partial charge in [0.1, 0.15) is 5.75 Å². The van der Waals surface area contributed by atoms with E-state index in [0.717, 1.165) is 73.2 Å². The maximum absolute atomic E-state index is 12.2. The Labute approximate surface area is 247 Å². The second kappa shape index (κ2) is 21.4. The molecule has 0 aromatic heterocycles. The van der Waals surface area contributed by atoms with E-state index in [1.807, 2.05) is 79.7 Å². The number of ether oxygens (including phenoxy) is 1. The Kier molecular flexibility index (Phi) is 20.5. The molecule has 0 saturated heterocycles. The van der Waals surface area contributed by atoms with Crippen molar-refractivity contribution in [2.75, 3.05) is 69.8 Å². The summed E-state index contributed by atoms with van der Waals surface area (Å²) in [6.07, 6.45) is 7.79. The molecule has 6 nitrogen and oxygen atoms in total. The Morgan fingerprint density at radius 2 is 1.46 bits per heavy atom. The zero-order chi connectivity index (χ0) is 25.3. The topological polar surface area (TPSA) is 73.3 Å². The van der Waals surface area contributed by atoms with E-state index in [-0.39, 0.29) is 31.4 Å². The fourth-order valence-electron chi connectivity index (χ4n) is 3.37. The predicted molar refractivity (Wildman–Crippen MR) is 158 cm³/mol. The van der Waals surface area contributed by atoms with Crippen LogP contribution in [0.5, 0.6) is 5.75 Å². The summed E-state index contributed by atoms with van der Waals surface area (Å²) in [7, 11) is 4.01. The quantitative estimate of drug-likeness (QED) is 0.137. The maximum Gasteiger partial charge on any atom is 7.00 e. The van der Waals surface area contributed by atoms with E-state index in [2.05, 4.69) is 35.5 Å². The number of nitrogens with zero attached hydrogens (tertiary/aromatic N) is 2. The minimum Gasteiger partial charge on any atom is -2.00 e. The van der Waals surface area contributed by atoms with Gasteiger partial charge in [-0.25, -0.2) is 0 Å². The third-order valence-corrected chi connectivity index (χ3v) is 5.79. The standard InChI is InChI=1S/C28H39N3O2S2.O.Tc/c1-30(2)26-10-4-24(5-11-26)6-12-27(32)13-7-25-8-14-28(15-9-25)33-21-3-18-31(20-23-35)19-16-29-17-22-34;;/h4-15,29,34-35H,3,16-23H2,1-2H3;;/q;-2;+7/b12-6+,13-7+;;/i;;1+1. The summed E-state index contributed by atoms with van der Waals surface area (Å²) in [6, 6.07) is 15.9. The van der Waals surface area contributed by atoms with E-state index in [0.29, 0.717) is 6.61 Å². The molecule has 0 atom stereocenters. The molecule has 0 aliphatic rings. The first kappa shape index (κ1) is 35.4. The van der Waals surface area contributed by atoms with Crippen molar-refractivity contribution in [1.82, 2.24) is 10.2 Å². The van der Waals surface area contributed by atoms with Crippen LogP contribution in [0.25, 0.3) is 12.2 Å². The van der Waals surface area contributed by atoms with Gasteiger partial charge in [0.05, 0.1) is 6.61 Å². The van der Waals surface area contributed by atoms with Crippen molar-refractivity contribution >= 4 is 48.9 Å². The van der Waals surface area contributed by atoms with Gasteiger partial charge >= 0.3 is 20.1 Å². The number of nitrogens with one attached hydrogen (secondary N) is 1. The second-order valence-electron chi connectivity index (χ2n) is 8.36. The summed E-state index contributed by atoms with van der Waals surface area (Å²) in [5.41, 5.74) is 3.09. The molecule has 0 fully saturated rings. The molecule has 2 rings (SSSR count). The maximum atomic E-state index is 12.2. The van der Waals surface area contributed by atoms with Crippen LogP contribution >= 0.6 is 25.3 Å². The predicted octanol–water partition coefficient (Wildman–Crippen LogP) is 4.45. The summed E-state index contributed by atoms with van der Waals surface area (Å²) >= 11 is 8.58. The van der Waals surface area contributed by atoms with Crippen LogP contribution in [0.2, 0.25) is 0 Å². The summed E-state index contributed by atoms with van der Waals surface area (Å²) in [6.45, 7) is 5.53. The van der Waals surface area contributed by atoms with Gasteiger partial charge in [0.25, 0.3) is 0 Å². The molecule has 2 aromatic carbocycles. The minimum absolute atomic E-state index is 0. The number of hydrogen-bond acceptors (Lipinski definition) is 7. The number of hydrogen-bond donors (Lipinski definition) is 3. The first-order valence-corrected chi connectivity index (χ1v) is 13.3. The third-order valence-electron chi connectivity index (χ3n) is 5.37. The number of ketones is 1. The van der Waals surface area contributed by atoms with E-state index >= 15 is 0 Å². The summed E-state index contributed by atoms with van der Waals surface area (Å²) in [5, 5.41) is 3.38. The van der Waals surface area contributed by atoms with Crippen molar-refractivity contribution < 1.29 is 35.1 Å². The molecule has 198 valence electrons. The number of carbonyl (C=O) groups is 1. The fraction of sp³-hybridized carbons (Fsp3) is 0.393. The van der Waals surface area contributed by atoms with Crippen molar-refractivity contribution in [2.24, 2.45) is 0 Å². The molecule has 0 unspecified atom stereocenters. The molecule has 9 heteroatoms. The Bertz CT molecular complexity index is 923. The number of thiol groups is 2. The molecule has 0 saturated carbocycles. The van der Waals surface area contributed by atoms with Crippen molar-refractivity contribution in [3.8, 4) is 5.75 Å². The van der Waals surface area contributed by atoms with E-state index < -0.39 is 0 Å². The van der Waals surface area contributed by atoms with Crippen molar-refractivity contribution in [3.05, 3.63) is 71.8 Å². The van der Waals surface area contributed by atoms with Crippen LogP contribution in [0.4, 0.5) is 5.69 Å². The molecular formula is C28H39N3O3S2Tc+5. The van der Waals surface area contributed by atoms with Crippen LogP contribution in [-0.4, -0.2) is 75.6 Å². The van der Waals surface area contributed by atoms with Gasteiger partial charge in [0, 0.05) is 64.0 Å². The number of rotatable bonds is 17. The van der Waals surface area contributed by atoms with Crippen LogP contribution < -0.4 is 15.0 Å². The summed E-state index contributed by atoms with van der Waals surface area (Å²) in [5.74, 6) is 2.50. The van der Waals surface area contributed by atoms with Crippen LogP contribution in [0.15, 0.2) is 60.7 Å². The third kappa shape index (κ3) is 15.4. The molecule has 0 aliphatic carbocycles. The van der Waals surface area contributed by atoms with Gasteiger partial charge < -0.3 is 25.3 Å². The number of carbonyl (C=O) groups excluding carboxylic acids is 1. The Balaban J connectivity index is 0.00000648. The smallest absolute Gasteiger partial charge is 2.00 e. The summed E-state index contributed by atoms with van der Waals surface area (Å²) < 4.78 is 5.89. The SMILES string of the molecule is CN(C)c1ccc(/C=C/C(=O)/C=C/c2ccc(OCCCN(CCS)CCNCCS)cc2)cc1.[99Tc+7].[O-2]. The fourth-order valence-corrected chi connectivity index (χ4v) is 3.81. The number of allylic oxidation sites excluding steroid dienone is 2.